The smallest absolute Gasteiger partial charge is 0.220 e. The molecule has 1 aromatic heterocycles. The highest BCUT2D eigenvalue weighted by Gasteiger charge is 2.05. The number of rotatable bonds is 3. The molecule has 0 N–H and O–H groups in total. The number of fused-ring (bicyclic) bond motifs is 1. The van der Waals surface area contributed by atoms with E-state index < -0.39 is 0 Å². The Balaban J connectivity index is 1.95. The Bertz CT molecular complexity index is 779. The van der Waals surface area contributed by atoms with Crippen LogP contribution in [0, 0.1) is 13.8 Å². The summed E-state index contributed by atoms with van der Waals surface area (Å²) < 4.78 is 11.0. The second-order valence-electron chi connectivity index (χ2n) is 5.08. The van der Waals surface area contributed by atoms with Gasteiger partial charge in [-0.05, 0) is 55.8 Å². The average molecular weight is 279 g/mol. The molecule has 0 radical (unpaired) electrons. The molecule has 0 aliphatic carbocycles. The molecule has 0 aliphatic heterocycles. The second kappa shape index (κ2) is 5.44. The number of hydrogen-bond acceptors (Lipinski definition) is 3. The predicted octanol–water partition coefficient (Wildman–Crippen LogP) is 4.65. The van der Waals surface area contributed by atoms with Crippen LogP contribution in [0.2, 0.25) is 0 Å². The first-order valence-corrected chi connectivity index (χ1v) is 6.85. The quantitative estimate of drug-likeness (QED) is 0.699. The highest BCUT2D eigenvalue weighted by molar-refractivity contribution is 5.83. The zero-order valence-electron chi connectivity index (χ0n) is 12.4. The Kier molecular flexibility index (Phi) is 3.48. The molecule has 0 fully saturated rings. The van der Waals surface area contributed by atoms with Crippen LogP contribution in [0.1, 0.15) is 11.1 Å². The molecule has 0 amide bonds. The third-order valence-electron chi connectivity index (χ3n) is 3.43. The summed E-state index contributed by atoms with van der Waals surface area (Å²) in [5, 5.41) is 1.16. The molecule has 3 nitrogen and oxygen atoms in total. The van der Waals surface area contributed by atoms with Crippen molar-refractivity contribution in [3.05, 3.63) is 59.7 Å². The molecule has 0 spiro atoms. The van der Waals surface area contributed by atoms with E-state index in [1.165, 1.54) is 5.56 Å². The average Bonchev–Trinajstić information content (AvgIpc) is 2.49. The summed E-state index contributed by atoms with van der Waals surface area (Å²) in [4.78, 5) is 4.56. The minimum Gasteiger partial charge on any atom is -0.497 e. The van der Waals surface area contributed by atoms with E-state index in [1.807, 2.05) is 36.4 Å². The van der Waals surface area contributed by atoms with E-state index in [4.69, 9.17) is 9.47 Å². The van der Waals surface area contributed by atoms with Gasteiger partial charge in [-0.1, -0.05) is 11.6 Å². The minimum absolute atomic E-state index is 0.606. The molecule has 1 heterocycles. The van der Waals surface area contributed by atoms with Crippen molar-refractivity contribution < 1.29 is 9.47 Å². The van der Waals surface area contributed by atoms with Crippen LogP contribution < -0.4 is 9.47 Å². The van der Waals surface area contributed by atoms with Crippen molar-refractivity contribution in [2.45, 2.75) is 13.8 Å². The summed E-state index contributed by atoms with van der Waals surface area (Å²) in [5.41, 5.74) is 3.34. The summed E-state index contributed by atoms with van der Waals surface area (Å²) in [6.45, 7) is 4.16. The van der Waals surface area contributed by atoms with Gasteiger partial charge in [0.15, 0.2) is 0 Å². The van der Waals surface area contributed by atoms with Gasteiger partial charge in [-0.25, -0.2) is 4.98 Å². The van der Waals surface area contributed by atoms with Gasteiger partial charge in [-0.15, -0.1) is 0 Å². The molecule has 2 aromatic carbocycles. The molecule has 0 atom stereocenters. The largest absolute Gasteiger partial charge is 0.497 e. The highest BCUT2D eigenvalue weighted by Crippen LogP contribution is 2.27. The first-order chi connectivity index (χ1) is 10.2. The van der Waals surface area contributed by atoms with Crippen LogP contribution in [0.3, 0.4) is 0 Å². The van der Waals surface area contributed by atoms with Crippen LogP contribution in [0.15, 0.2) is 48.5 Å². The van der Waals surface area contributed by atoms with Gasteiger partial charge in [0.25, 0.3) is 0 Å². The van der Waals surface area contributed by atoms with Gasteiger partial charge < -0.3 is 9.47 Å². The third-order valence-corrected chi connectivity index (χ3v) is 3.43. The van der Waals surface area contributed by atoms with E-state index in [2.05, 4.69) is 31.0 Å². The predicted molar refractivity (Wildman–Crippen MR) is 84.3 cm³/mol. The number of nitrogens with zero attached hydrogens (tertiary/aromatic N) is 1. The molecule has 3 aromatic rings. The number of ether oxygens (including phenoxy) is 2. The van der Waals surface area contributed by atoms with Crippen LogP contribution in [-0.2, 0) is 0 Å². The van der Waals surface area contributed by atoms with Crippen molar-refractivity contribution in [3.8, 4) is 17.4 Å². The molecule has 0 saturated heterocycles. The second-order valence-corrected chi connectivity index (χ2v) is 5.08. The van der Waals surface area contributed by atoms with Gasteiger partial charge in [-0.3, -0.25) is 0 Å². The normalized spacial score (nSPS) is 10.6. The Morgan fingerprint density at radius 2 is 1.57 bits per heavy atom. The molecule has 3 heteroatoms. The lowest BCUT2D eigenvalue weighted by Gasteiger charge is -2.09. The first kappa shape index (κ1) is 13.4. The number of aryl methyl sites for hydroxylation is 2. The van der Waals surface area contributed by atoms with E-state index >= 15 is 0 Å². The number of aromatic nitrogens is 1. The summed E-state index contributed by atoms with van der Waals surface area (Å²) in [7, 11) is 1.64. The summed E-state index contributed by atoms with van der Waals surface area (Å²) in [6.07, 6.45) is 0. The number of hydrogen-bond donors (Lipinski definition) is 0. The number of pyridine rings is 1. The van der Waals surface area contributed by atoms with Crippen molar-refractivity contribution in [1.82, 2.24) is 4.98 Å². The highest BCUT2D eigenvalue weighted by atomic mass is 16.5. The van der Waals surface area contributed by atoms with Crippen molar-refractivity contribution in [2.24, 2.45) is 0 Å². The zero-order chi connectivity index (χ0) is 14.8. The fourth-order valence-electron chi connectivity index (χ4n) is 2.29. The van der Waals surface area contributed by atoms with Crippen LogP contribution in [0.5, 0.6) is 17.4 Å². The van der Waals surface area contributed by atoms with E-state index in [-0.39, 0.29) is 0 Å². The lowest BCUT2D eigenvalue weighted by molar-refractivity contribution is 0.412. The molecule has 21 heavy (non-hydrogen) atoms. The Morgan fingerprint density at radius 1 is 0.857 bits per heavy atom. The van der Waals surface area contributed by atoms with E-state index in [9.17, 15) is 0 Å². The van der Waals surface area contributed by atoms with Crippen LogP contribution in [0.25, 0.3) is 10.9 Å². The van der Waals surface area contributed by atoms with Crippen LogP contribution in [-0.4, -0.2) is 12.1 Å². The Hall–Kier alpha value is -2.55. The van der Waals surface area contributed by atoms with E-state index in [0.717, 1.165) is 28.0 Å². The van der Waals surface area contributed by atoms with E-state index in [1.54, 1.807) is 7.11 Å². The van der Waals surface area contributed by atoms with E-state index in [0.29, 0.717) is 5.88 Å². The summed E-state index contributed by atoms with van der Waals surface area (Å²) in [6, 6.07) is 15.7. The van der Waals surface area contributed by atoms with Crippen molar-refractivity contribution >= 4 is 10.9 Å². The van der Waals surface area contributed by atoms with Crippen LogP contribution >= 0.6 is 0 Å². The molecule has 0 bridgehead atoms. The summed E-state index contributed by atoms with van der Waals surface area (Å²) >= 11 is 0. The van der Waals surface area contributed by atoms with Gasteiger partial charge in [-0.2, -0.15) is 0 Å². The maximum Gasteiger partial charge on any atom is 0.220 e. The number of benzene rings is 2. The van der Waals surface area contributed by atoms with Crippen molar-refractivity contribution in [2.75, 3.05) is 7.11 Å². The topological polar surface area (TPSA) is 31.4 Å². The lowest BCUT2D eigenvalue weighted by Crippen LogP contribution is -1.91. The van der Waals surface area contributed by atoms with Gasteiger partial charge in [0.1, 0.15) is 11.5 Å². The standard InChI is InChI=1S/C18H17NO2/c1-12-4-9-17-16(10-12)13(2)11-18(19-17)21-15-7-5-14(20-3)6-8-15/h4-11H,1-3H3. The van der Waals surface area contributed by atoms with Gasteiger partial charge in [0, 0.05) is 11.5 Å². The summed E-state index contributed by atoms with van der Waals surface area (Å²) in [5.74, 6) is 2.16. The lowest BCUT2D eigenvalue weighted by atomic mass is 10.1. The van der Waals surface area contributed by atoms with Crippen molar-refractivity contribution in [1.29, 1.82) is 0 Å². The molecule has 106 valence electrons. The molecule has 0 saturated carbocycles. The monoisotopic (exact) mass is 279 g/mol. The molecular weight excluding hydrogens is 262 g/mol. The van der Waals surface area contributed by atoms with Gasteiger partial charge in [0.2, 0.25) is 5.88 Å². The maximum absolute atomic E-state index is 5.83. The molecule has 3 rings (SSSR count). The molecule has 0 unspecified atom stereocenters. The van der Waals surface area contributed by atoms with Crippen molar-refractivity contribution in [3.63, 3.8) is 0 Å². The van der Waals surface area contributed by atoms with Gasteiger partial charge in [0.05, 0.1) is 12.6 Å². The van der Waals surface area contributed by atoms with Crippen LogP contribution in [0.4, 0.5) is 0 Å². The first-order valence-electron chi connectivity index (χ1n) is 6.85. The maximum atomic E-state index is 5.83. The third kappa shape index (κ3) is 2.82. The fraction of sp³-hybridized carbons (Fsp3) is 0.167. The molecule has 0 aliphatic rings. The van der Waals surface area contributed by atoms with Gasteiger partial charge >= 0.3 is 0 Å². The zero-order valence-corrected chi connectivity index (χ0v) is 12.4. The number of methoxy groups -OCH3 is 1. The molecular formula is C18H17NO2. The minimum atomic E-state index is 0.606. The Labute approximate surface area is 124 Å². The fourth-order valence-corrected chi connectivity index (χ4v) is 2.29. The Morgan fingerprint density at radius 3 is 2.29 bits per heavy atom. The SMILES string of the molecule is COc1ccc(Oc2cc(C)c3cc(C)ccc3n2)cc1.